The Hall–Kier alpha value is -2.59. The summed E-state index contributed by atoms with van der Waals surface area (Å²) in [7, 11) is 0. The summed E-state index contributed by atoms with van der Waals surface area (Å²) in [5, 5.41) is 3.37. The number of nitrogens with one attached hydrogen (secondary N) is 1. The number of hydrogen-bond acceptors (Lipinski definition) is 3. The number of fused-ring (bicyclic) bond motifs is 1. The molecule has 0 unspecified atom stereocenters. The third-order valence-corrected chi connectivity index (χ3v) is 4.08. The largest absolute Gasteiger partial charge is 0.312 e. The van der Waals surface area contributed by atoms with Crippen LogP contribution in [-0.4, -0.2) is 16.5 Å². The van der Waals surface area contributed by atoms with Gasteiger partial charge in [-0.1, -0.05) is 30.3 Å². The molecule has 4 heteroatoms. The monoisotopic (exact) mass is 305 g/mol. The Labute approximate surface area is 134 Å². The van der Waals surface area contributed by atoms with Crippen LogP contribution in [-0.2, 0) is 13.0 Å². The molecule has 1 aliphatic rings. The van der Waals surface area contributed by atoms with Crippen molar-refractivity contribution in [1.29, 1.82) is 0 Å². The van der Waals surface area contributed by atoms with Crippen molar-refractivity contribution in [2.45, 2.75) is 13.0 Å². The lowest BCUT2D eigenvalue weighted by Gasteiger charge is -2.20. The second-order valence-corrected chi connectivity index (χ2v) is 5.62. The lowest BCUT2D eigenvalue weighted by atomic mass is 9.99. The highest BCUT2D eigenvalue weighted by molar-refractivity contribution is 5.68. The second-order valence-electron chi connectivity index (χ2n) is 5.62. The minimum Gasteiger partial charge on any atom is -0.312 e. The fraction of sp³-hybridized carbons (Fsp3) is 0.158. The Bertz CT molecular complexity index is 829. The molecule has 2 aromatic carbocycles. The summed E-state index contributed by atoms with van der Waals surface area (Å²) in [5.74, 6) is 0.489. The highest BCUT2D eigenvalue weighted by Gasteiger charge is 2.19. The summed E-state index contributed by atoms with van der Waals surface area (Å²) in [5.41, 5.74) is 5.00. The molecule has 0 saturated carbocycles. The Kier molecular flexibility index (Phi) is 3.60. The Morgan fingerprint density at radius 3 is 2.43 bits per heavy atom. The van der Waals surface area contributed by atoms with Gasteiger partial charge in [0, 0.05) is 36.2 Å². The molecule has 4 rings (SSSR count). The maximum atomic E-state index is 13.2. The standard InChI is InChI=1S/C19H16FN3/c20-15-8-6-13(7-9-15)18-16-12-21-11-10-17(16)22-19(23-18)14-4-2-1-3-5-14/h1-9,21H,10-12H2. The van der Waals surface area contributed by atoms with E-state index in [1.54, 1.807) is 12.1 Å². The van der Waals surface area contributed by atoms with Crippen LogP contribution in [0.2, 0.25) is 0 Å². The summed E-state index contributed by atoms with van der Waals surface area (Å²) in [4.78, 5) is 9.54. The van der Waals surface area contributed by atoms with E-state index in [9.17, 15) is 4.39 Å². The molecule has 23 heavy (non-hydrogen) atoms. The molecular weight excluding hydrogens is 289 g/mol. The summed E-state index contributed by atoms with van der Waals surface area (Å²) in [6.07, 6.45) is 0.881. The van der Waals surface area contributed by atoms with Crippen molar-refractivity contribution in [1.82, 2.24) is 15.3 Å². The zero-order valence-corrected chi connectivity index (χ0v) is 12.6. The van der Waals surface area contributed by atoms with Crippen LogP contribution in [0, 0.1) is 5.82 Å². The number of nitrogens with zero attached hydrogens (tertiary/aromatic N) is 2. The molecule has 1 aromatic heterocycles. The molecular formula is C19H16FN3. The van der Waals surface area contributed by atoms with Crippen molar-refractivity contribution in [2.24, 2.45) is 0 Å². The molecule has 0 fully saturated rings. The van der Waals surface area contributed by atoms with Crippen molar-refractivity contribution < 1.29 is 4.39 Å². The van der Waals surface area contributed by atoms with Gasteiger partial charge in [-0.05, 0) is 24.3 Å². The highest BCUT2D eigenvalue weighted by atomic mass is 19.1. The van der Waals surface area contributed by atoms with Gasteiger partial charge in [0.05, 0.1) is 11.4 Å². The summed E-state index contributed by atoms with van der Waals surface area (Å²) < 4.78 is 13.2. The van der Waals surface area contributed by atoms with E-state index in [2.05, 4.69) is 5.32 Å². The van der Waals surface area contributed by atoms with Gasteiger partial charge >= 0.3 is 0 Å². The van der Waals surface area contributed by atoms with Crippen LogP contribution in [0.3, 0.4) is 0 Å². The first-order valence-corrected chi connectivity index (χ1v) is 7.73. The smallest absolute Gasteiger partial charge is 0.160 e. The van der Waals surface area contributed by atoms with E-state index in [0.29, 0.717) is 0 Å². The molecule has 0 radical (unpaired) electrons. The fourth-order valence-corrected chi connectivity index (χ4v) is 2.91. The minimum atomic E-state index is -0.238. The minimum absolute atomic E-state index is 0.238. The molecule has 2 heterocycles. The van der Waals surface area contributed by atoms with Crippen LogP contribution in [0.4, 0.5) is 4.39 Å². The van der Waals surface area contributed by atoms with Crippen LogP contribution >= 0.6 is 0 Å². The molecule has 114 valence electrons. The van der Waals surface area contributed by atoms with E-state index >= 15 is 0 Å². The maximum Gasteiger partial charge on any atom is 0.160 e. The first-order chi connectivity index (χ1) is 11.3. The van der Waals surface area contributed by atoms with Crippen molar-refractivity contribution in [3.63, 3.8) is 0 Å². The quantitative estimate of drug-likeness (QED) is 0.786. The average Bonchev–Trinajstić information content (AvgIpc) is 2.62. The number of hydrogen-bond donors (Lipinski definition) is 1. The van der Waals surface area contributed by atoms with E-state index in [1.165, 1.54) is 12.1 Å². The first-order valence-electron chi connectivity index (χ1n) is 7.73. The molecule has 0 aliphatic carbocycles. The van der Waals surface area contributed by atoms with E-state index in [0.717, 1.165) is 53.4 Å². The summed E-state index contributed by atoms with van der Waals surface area (Å²) in [6, 6.07) is 16.5. The zero-order valence-electron chi connectivity index (χ0n) is 12.6. The normalized spacial score (nSPS) is 13.6. The van der Waals surface area contributed by atoms with E-state index in [1.807, 2.05) is 30.3 Å². The van der Waals surface area contributed by atoms with Crippen LogP contribution < -0.4 is 5.32 Å². The summed E-state index contributed by atoms with van der Waals surface area (Å²) in [6.45, 7) is 1.66. The number of halogens is 1. The molecule has 0 atom stereocenters. The van der Waals surface area contributed by atoms with Crippen LogP contribution in [0.1, 0.15) is 11.3 Å². The number of benzene rings is 2. The third kappa shape index (κ3) is 2.73. The van der Waals surface area contributed by atoms with Crippen molar-refractivity contribution >= 4 is 0 Å². The average molecular weight is 305 g/mol. The van der Waals surface area contributed by atoms with Gasteiger partial charge in [0.2, 0.25) is 0 Å². The predicted octanol–water partition coefficient (Wildman–Crippen LogP) is 3.60. The van der Waals surface area contributed by atoms with E-state index < -0.39 is 0 Å². The van der Waals surface area contributed by atoms with Crippen LogP contribution in [0.15, 0.2) is 54.6 Å². The molecule has 0 amide bonds. The molecule has 1 N–H and O–H groups in total. The first kappa shape index (κ1) is 14.0. The molecule has 1 aliphatic heterocycles. The van der Waals surface area contributed by atoms with Gasteiger partial charge in [-0.2, -0.15) is 0 Å². The van der Waals surface area contributed by atoms with E-state index in [-0.39, 0.29) is 5.82 Å². The lowest BCUT2D eigenvalue weighted by Crippen LogP contribution is -2.26. The molecule has 3 nitrogen and oxygen atoms in total. The van der Waals surface area contributed by atoms with Gasteiger partial charge in [0.15, 0.2) is 5.82 Å². The number of aromatic nitrogens is 2. The number of rotatable bonds is 2. The van der Waals surface area contributed by atoms with Crippen LogP contribution in [0.25, 0.3) is 22.6 Å². The van der Waals surface area contributed by atoms with Gasteiger partial charge < -0.3 is 5.32 Å². The predicted molar refractivity (Wildman–Crippen MR) is 88.3 cm³/mol. The SMILES string of the molecule is Fc1ccc(-c2nc(-c3ccccc3)nc3c2CNCC3)cc1. The van der Waals surface area contributed by atoms with Gasteiger partial charge in [0.1, 0.15) is 5.82 Å². The van der Waals surface area contributed by atoms with Crippen molar-refractivity contribution in [2.75, 3.05) is 6.54 Å². The Balaban J connectivity index is 1.91. The molecule has 3 aromatic rings. The van der Waals surface area contributed by atoms with Gasteiger partial charge in [0.25, 0.3) is 0 Å². The lowest BCUT2D eigenvalue weighted by molar-refractivity contribution is 0.626. The highest BCUT2D eigenvalue weighted by Crippen LogP contribution is 2.28. The van der Waals surface area contributed by atoms with Gasteiger partial charge in [-0.3, -0.25) is 0 Å². The van der Waals surface area contributed by atoms with Crippen molar-refractivity contribution in [3.05, 3.63) is 71.7 Å². The zero-order chi connectivity index (χ0) is 15.6. The van der Waals surface area contributed by atoms with Gasteiger partial charge in [-0.15, -0.1) is 0 Å². The Morgan fingerprint density at radius 1 is 0.870 bits per heavy atom. The van der Waals surface area contributed by atoms with Crippen LogP contribution in [0.5, 0.6) is 0 Å². The second kappa shape index (κ2) is 5.89. The maximum absolute atomic E-state index is 13.2. The molecule has 0 saturated heterocycles. The molecule has 0 bridgehead atoms. The van der Waals surface area contributed by atoms with Crippen molar-refractivity contribution in [3.8, 4) is 22.6 Å². The van der Waals surface area contributed by atoms with Gasteiger partial charge in [-0.25, -0.2) is 14.4 Å². The summed E-state index contributed by atoms with van der Waals surface area (Å²) >= 11 is 0. The Morgan fingerprint density at radius 2 is 1.65 bits per heavy atom. The van der Waals surface area contributed by atoms with E-state index in [4.69, 9.17) is 9.97 Å². The topological polar surface area (TPSA) is 37.8 Å². The molecule has 0 spiro atoms. The third-order valence-electron chi connectivity index (χ3n) is 4.08. The fourth-order valence-electron chi connectivity index (χ4n) is 2.91.